The Balaban J connectivity index is 2.55. The fraction of sp³-hybridized carbons (Fsp3) is 0.308. The third kappa shape index (κ3) is 2.23. The maximum Gasteiger partial charge on any atom is 0.320 e. The number of carboxylic acids is 1. The number of thioether (sulfide) groups is 1. The summed E-state index contributed by atoms with van der Waals surface area (Å²) in [6, 6.07) is 5.16. The van der Waals surface area contributed by atoms with Crippen LogP contribution in [0, 0.1) is 6.92 Å². The molecule has 0 bridgehead atoms. The van der Waals surface area contributed by atoms with Crippen molar-refractivity contribution in [1.29, 1.82) is 0 Å². The number of carbonyl (C=O) groups is 1. The van der Waals surface area contributed by atoms with Gasteiger partial charge < -0.3 is 15.8 Å². The van der Waals surface area contributed by atoms with Crippen molar-refractivity contribution in [3.05, 3.63) is 29.5 Å². The molecule has 4 nitrogen and oxygen atoms in total. The summed E-state index contributed by atoms with van der Waals surface area (Å²) in [6.45, 7) is 1.95. The molecule has 18 heavy (non-hydrogen) atoms. The van der Waals surface area contributed by atoms with Crippen molar-refractivity contribution in [2.75, 3.05) is 6.26 Å². The zero-order valence-electron chi connectivity index (χ0n) is 10.4. The third-order valence-electron chi connectivity index (χ3n) is 3.06. The van der Waals surface area contributed by atoms with E-state index in [9.17, 15) is 4.79 Å². The number of aliphatic carboxylic acids is 1. The average Bonchev–Trinajstić information content (AvgIpc) is 2.65. The van der Waals surface area contributed by atoms with Crippen LogP contribution >= 0.6 is 11.8 Å². The lowest BCUT2D eigenvalue weighted by atomic mass is 10.0. The highest BCUT2D eigenvalue weighted by atomic mass is 32.2. The molecule has 2 rings (SSSR count). The fourth-order valence-corrected chi connectivity index (χ4v) is 2.80. The zero-order chi connectivity index (χ0) is 13.3. The van der Waals surface area contributed by atoms with E-state index in [0.29, 0.717) is 6.42 Å². The highest BCUT2D eigenvalue weighted by Gasteiger charge is 2.18. The number of aromatic amines is 1. The Morgan fingerprint density at radius 1 is 1.56 bits per heavy atom. The van der Waals surface area contributed by atoms with Gasteiger partial charge in [0.2, 0.25) is 0 Å². The zero-order valence-corrected chi connectivity index (χ0v) is 11.2. The molecule has 0 fully saturated rings. The third-order valence-corrected chi connectivity index (χ3v) is 3.84. The minimum absolute atomic E-state index is 0.346. The highest BCUT2D eigenvalue weighted by Crippen LogP contribution is 2.31. The number of rotatable bonds is 4. The summed E-state index contributed by atoms with van der Waals surface area (Å²) in [5.74, 6) is -0.967. The number of H-pyrrole nitrogens is 1. The number of nitrogens with one attached hydrogen (secondary N) is 1. The molecular weight excluding hydrogens is 248 g/mol. The quantitative estimate of drug-likeness (QED) is 0.739. The Morgan fingerprint density at radius 2 is 2.28 bits per heavy atom. The number of hydrogen-bond acceptors (Lipinski definition) is 3. The van der Waals surface area contributed by atoms with Gasteiger partial charge in [-0.05, 0) is 30.9 Å². The van der Waals surface area contributed by atoms with Crippen LogP contribution in [0.25, 0.3) is 10.9 Å². The van der Waals surface area contributed by atoms with Gasteiger partial charge in [-0.3, -0.25) is 4.79 Å². The number of aromatic nitrogens is 1. The topological polar surface area (TPSA) is 79.1 Å². The second-order valence-electron chi connectivity index (χ2n) is 4.26. The van der Waals surface area contributed by atoms with Gasteiger partial charge in [0.1, 0.15) is 6.04 Å². The largest absolute Gasteiger partial charge is 0.480 e. The Labute approximate surface area is 110 Å². The minimum Gasteiger partial charge on any atom is -0.480 e. The van der Waals surface area contributed by atoms with Gasteiger partial charge in [-0.2, -0.15) is 0 Å². The molecule has 5 heteroatoms. The molecule has 1 unspecified atom stereocenters. The van der Waals surface area contributed by atoms with Crippen LogP contribution in [0.1, 0.15) is 11.3 Å². The first kappa shape index (κ1) is 13.0. The lowest BCUT2D eigenvalue weighted by Gasteiger charge is -2.08. The van der Waals surface area contributed by atoms with Crippen molar-refractivity contribution >= 4 is 28.6 Å². The minimum atomic E-state index is -0.967. The number of aryl methyl sites for hydroxylation is 1. The van der Waals surface area contributed by atoms with Crippen molar-refractivity contribution in [3.8, 4) is 0 Å². The standard InChI is InChI=1S/C13H16N2O2S/c1-7-8(6-9(14)13(16)17)12-10(15-7)4-3-5-11(12)18-2/h3-5,9,15H,6,14H2,1-2H3,(H,16,17). The molecule has 1 heterocycles. The first-order valence-electron chi connectivity index (χ1n) is 5.67. The highest BCUT2D eigenvalue weighted by molar-refractivity contribution is 7.98. The second kappa shape index (κ2) is 5.04. The van der Waals surface area contributed by atoms with Crippen molar-refractivity contribution in [2.45, 2.75) is 24.3 Å². The molecule has 0 aliphatic carbocycles. The summed E-state index contributed by atoms with van der Waals surface area (Å²) in [5.41, 5.74) is 8.67. The molecule has 96 valence electrons. The van der Waals surface area contributed by atoms with Crippen LogP contribution in [-0.2, 0) is 11.2 Å². The molecule has 0 saturated carbocycles. The summed E-state index contributed by atoms with van der Waals surface area (Å²) in [6.07, 6.45) is 2.36. The van der Waals surface area contributed by atoms with Gasteiger partial charge in [-0.25, -0.2) is 0 Å². The van der Waals surface area contributed by atoms with E-state index in [1.807, 2.05) is 31.4 Å². The average molecular weight is 264 g/mol. The molecule has 2 aromatic rings. The molecule has 1 aromatic heterocycles. The Bertz CT molecular complexity index is 592. The normalized spacial score (nSPS) is 12.8. The van der Waals surface area contributed by atoms with Gasteiger partial charge >= 0.3 is 5.97 Å². The first-order chi connectivity index (χ1) is 8.54. The van der Waals surface area contributed by atoms with Crippen LogP contribution in [0.4, 0.5) is 0 Å². The molecule has 1 atom stereocenters. The van der Waals surface area contributed by atoms with Crippen LogP contribution in [0.15, 0.2) is 23.1 Å². The van der Waals surface area contributed by atoms with Crippen LogP contribution in [0.5, 0.6) is 0 Å². The lowest BCUT2D eigenvalue weighted by molar-refractivity contribution is -0.138. The maximum absolute atomic E-state index is 10.9. The predicted molar refractivity (Wildman–Crippen MR) is 74.1 cm³/mol. The van der Waals surface area contributed by atoms with Crippen molar-refractivity contribution < 1.29 is 9.90 Å². The molecule has 0 amide bonds. The van der Waals surface area contributed by atoms with Crippen molar-refractivity contribution in [1.82, 2.24) is 4.98 Å². The Kier molecular flexibility index (Phi) is 3.63. The van der Waals surface area contributed by atoms with Gasteiger partial charge in [0.25, 0.3) is 0 Å². The van der Waals surface area contributed by atoms with E-state index in [2.05, 4.69) is 4.98 Å². The van der Waals surface area contributed by atoms with E-state index in [4.69, 9.17) is 10.8 Å². The smallest absolute Gasteiger partial charge is 0.320 e. The van der Waals surface area contributed by atoms with Crippen LogP contribution in [0.3, 0.4) is 0 Å². The molecule has 4 N–H and O–H groups in total. The monoisotopic (exact) mass is 264 g/mol. The fourth-order valence-electron chi connectivity index (χ4n) is 2.14. The van der Waals surface area contributed by atoms with E-state index in [1.54, 1.807) is 11.8 Å². The van der Waals surface area contributed by atoms with Crippen molar-refractivity contribution in [3.63, 3.8) is 0 Å². The number of carboxylic acid groups (broad SMARTS) is 1. The predicted octanol–water partition coefficient (Wildman–Crippen LogP) is 2.15. The van der Waals surface area contributed by atoms with E-state index in [0.717, 1.165) is 27.1 Å². The second-order valence-corrected chi connectivity index (χ2v) is 5.11. The van der Waals surface area contributed by atoms with E-state index in [-0.39, 0.29) is 0 Å². The number of hydrogen-bond donors (Lipinski definition) is 3. The summed E-state index contributed by atoms with van der Waals surface area (Å²) in [5, 5.41) is 10.0. The Morgan fingerprint density at radius 3 is 2.89 bits per heavy atom. The molecule has 0 spiro atoms. The van der Waals surface area contributed by atoms with Crippen LogP contribution < -0.4 is 5.73 Å². The van der Waals surface area contributed by atoms with Crippen molar-refractivity contribution in [2.24, 2.45) is 5.73 Å². The maximum atomic E-state index is 10.9. The van der Waals surface area contributed by atoms with Gasteiger partial charge in [-0.15, -0.1) is 11.8 Å². The summed E-state index contributed by atoms with van der Waals surface area (Å²) < 4.78 is 0. The lowest BCUT2D eigenvalue weighted by Crippen LogP contribution is -2.32. The first-order valence-corrected chi connectivity index (χ1v) is 6.89. The number of fused-ring (bicyclic) bond motifs is 1. The summed E-state index contributed by atoms with van der Waals surface area (Å²) in [7, 11) is 0. The number of nitrogens with two attached hydrogens (primary N) is 1. The molecule has 0 aliphatic rings. The van der Waals surface area contributed by atoms with Gasteiger partial charge in [-0.1, -0.05) is 6.07 Å². The van der Waals surface area contributed by atoms with Crippen LogP contribution in [-0.4, -0.2) is 28.4 Å². The Hall–Kier alpha value is -1.46. The van der Waals surface area contributed by atoms with E-state index >= 15 is 0 Å². The molecule has 0 radical (unpaired) electrons. The summed E-state index contributed by atoms with van der Waals surface area (Å²) in [4.78, 5) is 15.3. The number of benzene rings is 1. The SMILES string of the molecule is CSc1cccc2[nH]c(C)c(CC(N)C(=O)O)c12. The van der Waals surface area contributed by atoms with Gasteiger partial charge in [0.15, 0.2) is 0 Å². The van der Waals surface area contributed by atoms with E-state index < -0.39 is 12.0 Å². The van der Waals surface area contributed by atoms with Gasteiger partial charge in [0, 0.05) is 27.9 Å². The van der Waals surface area contributed by atoms with Crippen LogP contribution in [0.2, 0.25) is 0 Å². The molecule has 0 saturated heterocycles. The van der Waals surface area contributed by atoms with Gasteiger partial charge in [0.05, 0.1) is 0 Å². The van der Waals surface area contributed by atoms with E-state index in [1.165, 1.54) is 0 Å². The summed E-state index contributed by atoms with van der Waals surface area (Å²) >= 11 is 1.65. The molecular formula is C13H16N2O2S. The molecule has 0 aliphatic heterocycles. The molecule has 1 aromatic carbocycles.